The maximum atomic E-state index is 12.4. The van der Waals surface area contributed by atoms with Gasteiger partial charge >= 0.3 is 5.97 Å². The highest BCUT2D eigenvalue weighted by atomic mass is 16.5. The molecule has 6 nitrogen and oxygen atoms in total. The zero-order chi connectivity index (χ0) is 54.3. The van der Waals surface area contributed by atoms with Crippen LogP contribution in [0.25, 0.3) is 0 Å². The number of hydrogen-bond acceptors (Lipinski definition) is 5. The van der Waals surface area contributed by atoms with E-state index in [1.54, 1.807) is 0 Å². The van der Waals surface area contributed by atoms with Crippen LogP contribution in [-0.2, 0) is 14.3 Å². The normalized spacial score (nSPS) is 12.7. The number of allylic oxidation sites excluding steroid dienone is 6. The van der Waals surface area contributed by atoms with Gasteiger partial charge in [0.1, 0.15) is 0 Å². The molecule has 3 N–H and O–H groups in total. The maximum absolute atomic E-state index is 12.4. The molecule has 0 aliphatic carbocycles. The summed E-state index contributed by atoms with van der Waals surface area (Å²) in [5.74, 6) is -0.0255. The lowest BCUT2D eigenvalue weighted by Gasteiger charge is -2.22. The molecule has 0 saturated heterocycles. The molecule has 1 amide bonds. The van der Waals surface area contributed by atoms with E-state index in [2.05, 4.69) is 55.6 Å². The molecule has 0 aromatic heterocycles. The second-order valence-electron chi connectivity index (χ2n) is 23.1. The van der Waals surface area contributed by atoms with E-state index in [1.807, 2.05) is 0 Å². The number of rotatable bonds is 63. The highest BCUT2D eigenvalue weighted by molar-refractivity contribution is 5.76. The molecule has 75 heavy (non-hydrogen) atoms. The molecule has 0 fully saturated rings. The van der Waals surface area contributed by atoms with Gasteiger partial charge in [-0.3, -0.25) is 9.59 Å². The highest BCUT2D eigenvalue weighted by Gasteiger charge is 2.20. The number of ether oxygens (including phenoxy) is 1. The van der Waals surface area contributed by atoms with Gasteiger partial charge in [-0.25, -0.2) is 0 Å². The fourth-order valence-corrected chi connectivity index (χ4v) is 10.5. The number of aliphatic hydroxyl groups is 2. The van der Waals surface area contributed by atoms with Crippen LogP contribution in [0.3, 0.4) is 0 Å². The monoisotopic (exact) mass is 1050 g/mol. The smallest absolute Gasteiger partial charge is 0.305 e. The Morgan fingerprint density at radius 2 is 0.667 bits per heavy atom. The van der Waals surface area contributed by atoms with Crippen LogP contribution in [0.2, 0.25) is 0 Å². The van der Waals surface area contributed by atoms with Crippen LogP contribution in [0.4, 0.5) is 0 Å². The molecule has 2 unspecified atom stereocenters. The van der Waals surface area contributed by atoms with E-state index in [4.69, 9.17) is 4.74 Å². The van der Waals surface area contributed by atoms with Crippen molar-refractivity contribution in [3.8, 4) is 0 Å². The van der Waals surface area contributed by atoms with Gasteiger partial charge in [0.25, 0.3) is 0 Å². The lowest BCUT2D eigenvalue weighted by molar-refractivity contribution is -0.143. The molecule has 0 bridgehead atoms. The zero-order valence-electron chi connectivity index (χ0n) is 50.5. The van der Waals surface area contributed by atoms with E-state index in [1.165, 1.54) is 283 Å². The van der Waals surface area contributed by atoms with E-state index >= 15 is 0 Å². The van der Waals surface area contributed by atoms with Gasteiger partial charge in [-0.1, -0.05) is 307 Å². The maximum Gasteiger partial charge on any atom is 0.305 e. The molecule has 0 aliphatic rings. The van der Waals surface area contributed by atoms with Crippen LogP contribution < -0.4 is 5.32 Å². The Morgan fingerprint density at radius 1 is 0.373 bits per heavy atom. The predicted molar refractivity (Wildman–Crippen MR) is 329 cm³/mol. The van der Waals surface area contributed by atoms with E-state index in [0.29, 0.717) is 25.9 Å². The quantitative estimate of drug-likeness (QED) is 0.0320. The van der Waals surface area contributed by atoms with Crippen molar-refractivity contribution in [1.29, 1.82) is 0 Å². The summed E-state index contributed by atoms with van der Waals surface area (Å²) in [5, 5.41) is 23.2. The molecular weight excluding hydrogens is 923 g/mol. The lowest BCUT2D eigenvalue weighted by atomic mass is 10.0. The Morgan fingerprint density at radius 3 is 1.04 bits per heavy atom. The lowest BCUT2D eigenvalue weighted by Crippen LogP contribution is -2.45. The minimum absolute atomic E-state index is 0.00753. The summed E-state index contributed by atoms with van der Waals surface area (Å²) in [5.41, 5.74) is 0. The van der Waals surface area contributed by atoms with Crippen LogP contribution >= 0.6 is 0 Å². The minimum atomic E-state index is -0.660. The number of aliphatic hydroxyl groups excluding tert-OH is 2. The number of unbranched alkanes of at least 4 members (excludes halogenated alkanes) is 46. The van der Waals surface area contributed by atoms with E-state index < -0.39 is 12.1 Å². The van der Waals surface area contributed by atoms with Crippen molar-refractivity contribution >= 4 is 11.9 Å². The van der Waals surface area contributed by atoms with Crippen molar-refractivity contribution in [2.24, 2.45) is 0 Å². The molecule has 0 aromatic carbocycles. The van der Waals surface area contributed by atoms with Crippen LogP contribution in [0.5, 0.6) is 0 Å². The number of carbonyl (C=O) groups excluding carboxylic acids is 2. The molecule has 0 aromatic rings. The minimum Gasteiger partial charge on any atom is -0.466 e. The van der Waals surface area contributed by atoms with Gasteiger partial charge in [-0.2, -0.15) is 0 Å². The fraction of sp³-hybridized carbons (Fsp3) is 0.884. The molecule has 0 spiro atoms. The van der Waals surface area contributed by atoms with Gasteiger partial charge in [0, 0.05) is 12.8 Å². The van der Waals surface area contributed by atoms with Crippen LogP contribution in [0, 0.1) is 0 Å². The number of nitrogens with one attached hydrogen (secondary N) is 1. The average Bonchev–Trinajstić information content (AvgIpc) is 3.41. The molecule has 0 radical (unpaired) electrons. The number of esters is 1. The van der Waals surface area contributed by atoms with Crippen LogP contribution in [0.15, 0.2) is 36.5 Å². The summed E-state index contributed by atoms with van der Waals surface area (Å²) < 4.78 is 5.48. The van der Waals surface area contributed by atoms with E-state index in [-0.39, 0.29) is 18.5 Å². The molecule has 0 rings (SSSR count). The van der Waals surface area contributed by atoms with Crippen LogP contribution in [-0.4, -0.2) is 47.4 Å². The van der Waals surface area contributed by atoms with Crippen molar-refractivity contribution < 1.29 is 24.5 Å². The van der Waals surface area contributed by atoms with Crippen molar-refractivity contribution in [3.63, 3.8) is 0 Å². The third-order valence-electron chi connectivity index (χ3n) is 15.7. The average molecular weight is 1050 g/mol. The Bertz CT molecular complexity index is 1210. The third-order valence-corrected chi connectivity index (χ3v) is 15.7. The standard InChI is InChI=1S/C69H131NO5/c1-3-5-7-9-11-13-15-39-43-47-51-55-59-63-69(74)75-64-60-56-52-48-44-41-38-36-34-32-30-28-26-24-22-20-18-16-17-19-21-23-25-27-29-31-33-35-37-40-42-46-50-54-58-62-68(73)70-66(65-71)67(72)61-57-53-49-45-14-12-10-8-6-4-2/h13,15,18,20,24,26,66-67,71-72H,3-12,14,16-17,19,21-23,25,27-65H2,1-2H3,(H,70,73)/b15-13-,20-18-,26-24-. The second kappa shape index (κ2) is 64.6. The Kier molecular flexibility index (Phi) is 63.0. The SMILES string of the molecule is CCCCCC/C=C\CCCCCCCC(=O)OCCCCCCCCCCCCC/C=C\C/C=C\CCCCCCCCCCCCCCCCCCCC(=O)NC(CO)C(O)CCCCCCCCCCCC. The summed E-state index contributed by atoms with van der Waals surface area (Å²) in [7, 11) is 0. The van der Waals surface area contributed by atoms with Gasteiger partial charge in [-0.15, -0.1) is 0 Å². The summed E-state index contributed by atoms with van der Waals surface area (Å²) >= 11 is 0. The summed E-state index contributed by atoms with van der Waals surface area (Å²) in [6, 6.07) is -0.538. The highest BCUT2D eigenvalue weighted by Crippen LogP contribution is 2.18. The van der Waals surface area contributed by atoms with Gasteiger partial charge < -0.3 is 20.3 Å². The first-order chi connectivity index (χ1) is 37.0. The number of carbonyl (C=O) groups is 2. The first-order valence-corrected chi connectivity index (χ1v) is 33.7. The summed E-state index contributed by atoms with van der Waals surface area (Å²) in [6.07, 6.45) is 82.0. The predicted octanol–water partition coefficient (Wildman–Crippen LogP) is 21.5. The Hall–Kier alpha value is -1.92. The Labute approximate surface area is 468 Å². The number of amides is 1. The van der Waals surface area contributed by atoms with Gasteiger partial charge in [0.05, 0.1) is 25.4 Å². The van der Waals surface area contributed by atoms with Gasteiger partial charge in [-0.05, 0) is 83.5 Å². The second-order valence-corrected chi connectivity index (χ2v) is 23.1. The molecule has 6 heteroatoms. The number of hydrogen-bond donors (Lipinski definition) is 3. The topological polar surface area (TPSA) is 95.9 Å². The van der Waals surface area contributed by atoms with Gasteiger partial charge in [0.2, 0.25) is 5.91 Å². The molecule has 442 valence electrons. The molecule has 0 heterocycles. The van der Waals surface area contributed by atoms with Crippen molar-refractivity contribution in [2.45, 2.75) is 379 Å². The van der Waals surface area contributed by atoms with Gasteiger partial charge in [0.15, 0.2) is 0 Å². The molecular formula is C69H131NO5. The Balaban J connectivity index is 3.35. The van der Waals surface area contributed by atoms with Crippen LogP contribution in [0.1, 0.15) is 367 Å². The first-order valence-electron chi connectivity index (χ1n) is 33.7. The first kappa shape index (κ1) is 73.1. The molecule has 0 aliphatic heterocycles. The molecule has 2 atom stereocenters. The van der Waals surface area contributed by atoms with Crippen molar-refractivity contribution in [2.75, 3.05) is 13.2 Å². The van der Waals surface area contributed by atoms with E-state index in [9.17, 15) is 19.8 Å². The fourth-order valence-electron chi connectivity index (χ4n) is 10.5. The third kappa shape index (κ3) is 61.2. The summed E-state index contributed by atoms with van der Waals surface area (Å²) in [6.45, 7) is 4.94. The van der Waals surface area contributed by atoms with Crippen molar-refractivity contribution in [1.82, 2.24) is 5.32 Å². The largest absolute Gasteiger partial charge is 0.466 e. The van der Waals surface area contributed by atoms with E-state index in [0.717, 1.165) is 51.4 Å². The van der Waals surface area contributed by atoms with Crippen molar-refractivity contribution in [3.05, 3.63) is 36.5 Å². The zero-order valence-corrected chi connectivity index (χ0v) is 50.5. The summed E-state index contributed by atoms with van der Waals surface area (Å²) in [4.78, 5) is 24.5. The molecule has 0 saturated carbocycles.